The molecule has 1 aromatic rings. The van der Waals surface area contributed by atoms with Crippen LogP contribution in [0.1, 0.15) is 37.6 Å². The molecule has 0 aliphatic rings. The zero-order valence-corrected chi connectivity index (χ0v) is 9.66. The Balaban J connectivity index is 2.87. The quantitative estimate of drug-likeness (QED) is 0.535. The first kappa shape index (κ1) is 11.7. The summed E-state index contributed by atoms with van der Waals surface area (Å²) in [5.74, 6) is 0.216. The van der Waals surface area contributed by atoms with Gasteiger partial charge >= 0.3 is 0 Å². The molecule has 0 aromatic heterocycles. The zero-order valence-electron chi connectivity index (χ0n) is 9.66. The highest BCUT2D eigenvalue weighted by molar-refractivity contribution is 5.99. The van der Waals surface area contributed by atoms with Gasteiger partial charge in [-0.2, -0.15) is 0 Å². The number of hydrogen-bond donors (Lipinski definition) is 0. The lowest BCUT2D eigenvalue weighted by Crippen LogP contribution is -2.13. The summed E-state index contributed by atoms with van der Waals surface area (Å²) in [5.41, 5.74) is 2.02. The van der Waals surface area contributed by atoms with Crippen LogP contribution in [0.4, 0.5) is 0 Å². The smallest absolute Gasteiger partial charge is 0.169 e. The maximum atomic E-state index is 12.1. The van der Waals surface area contributed by atoms with Crippen molar-refractivity contribution < 1.29 is 4.79 Å². The van der Waals surface area contributed by atoms with Crippen molar-refractivity contribution in [3.8, 4) is 0 Å². The minimum atomic E-state index is 0.00222. The molecule has 1 aromatic carbocycles. The third-order valence-corrected chi connectivity index (χ3v) is 2.79. The Morgan fingerprint density at radius 1 is 1.33 bits per heavy atom. The van der Waals surface area contributed by atoms with E-state index in [2.05, 4.69) is 6.92 Å². The second kappa shape index (κ2) is 5.50. The largest absolute Gasteiger partial charge is 0.294 e. The molecule has 0 spiro atoms. The molecular formula is C14H18O. The van der Waals surface area contributed by atoms with Gasteiger partial charge in [0.25, 0.3) is 0 Å². The summed E-state index contributed by atoms with van der Waals surface area (Å²) in [5, 5.41) is 0. The number of carbonyl (C=O) groups is 1. The van der Waals surface area contributed by atoms with Crippen LogP contribution in [-0.2, 0) is 0 Å². The van der Waals surface area contributed by atoms with Gasteiger partial charge in [0, 0.05) is 11.5 Å². The highest BCUT2D eigenvalue weighted by Crippen LogP contribution is 2.19. The van der Waals surface area contributed by atoms with Crippen molar-refractivity contribution in [2.45, 2.75) is 27.2 Å². The molecule has 0 N–H and O–H groups in total. The van der Waals surface area contributed by atoms with Crippen molar-refractivity contribution >= 4 is 5.78 Å². The predicted molar refractivity (Wildman–Crippen MR) is 64.0 cm³/mol. The summed E-state index contributed by atoms with van der Waals surface area (Å²) in [4.78, 5) is 12.1. The third kappa shape index (κ3) is 2.79. The van der Waals surface area contributed by atoms with Crippen LogP contribution in [0.5, 0.6) is 0 Å². The lowest BCUT2D eigenvalue weighted by Gasteiger charge is -2.13. The fourth-order valence-corrected chi connectivity index (χ4v) is 1.78. The molecule has 0 bridgehead atoms. The standard InChI is InChI=1S/C14H18O/c1-4-12(5-2)11(3)14(15)13-9-7-6-8-10-13/h4,6-11H,5H2,1-3H3/b12-4+. The minimum Gasteiger partial charge on any atom is -0.294 e. The van der Waals surface area contributed by atoms with Gasteiger partial charge in [-0.15, -0.1) is 0 Å². The van der Waals surface area contributed by atoms with Crippen molar-refractivity contribution in [3.63, 3.8) is 0 Å². The summed E-state index contributed by atoms with van der Waals surface area (Å²) in [6.45, 7) is 6.06. The van der Waals surface area contributed by atoms with Crippen LogP contribution in [0.2, 0.25) is 0 Å². The molecule has 1 rings (SSSR count). The number of carbonyl (C=O) groups excluding carboxylic acids is 1. The van der Waals surface area contributed by atoms with Crippen LogP contribution in [0.25, 0.3) is 0 Å². The van der Waals surface area contributed by atoms with Crippen molar-refractivity contribution in [3.05, 3.63) is 47.5 Å². The fraction of sp³-hybridized carbons (Fsp3) is 0.357. The Morgan fingerprint density at radius 3 is 2.40 bits per heavy atom. The first-order valence-corrected chi connectivity index (χ1v) is 5.45. The summed E-state index contributed by atoms with van der Waals surface area (Å²) >= 11 is 0. The van der Waals surface area contributed by atoms with Crippen molar-refractivity contribution in [1.82, 2.24) is 0 Å². The van der Waals surface area contributed by atoms with Gasteiger partial charge in [-0.05, 0) is 13.3 Å². The first-order chi connectivity index (χ1) is 7.20. The number of Topliss-reactive ketones (excluding diaryl/α,β-unsaturated/α-hetero) is 1. The summed E-state index contributed by atoms with van der Waals surface area (Å²) in [6.07, 6.45) is 2.99. The van der Waals surface area contributed by atoms with Crippen molar-refractivity contribution in [1.29, 1.82) is 0 Å². The van der Waals surface area contributed by atoms with E-state index in [0.29, 0.717) is 0 Å². The molecule has 0 aliphatic carbocycles. The molecule has 0 amide bonds. The van der Waals surface area contributed by atoms with E-state index in [4.69, 9.17) is 0 Å². The number of hydrogen-bond acceptors (Lipinski definition) is 1. The normalized spacial score (nSPS) is 13.7. The molecule has 0 radical (unpaired) electrons. The number of ketones is 1. The van der Waals surface area contributed by atoms with Gasteiger partial charge in [0.1, 0.15) is 0 Å². The minimum absolute atomic E-state index is 0.00222. The van der Waals surface area contributed by atoms with E-state index in [-0.39, 0.29) is 11.7 Å². The topological polar surface area (TPSA) is 17.1 Å². The molecule has 1 nitrogen and oxygen atoms in total. The molecule has 15 heavy (non-hydrogen) atoms. The van der Waals surface area contributed by atoms with Gasteiger partial charge in [0.2, 0.25) is 0 Å². The predicted octanol–water partition coefficient (Wildman–Crippen LogP) is 3.86. The molecule has 80 valence electrons. The van der Waals surface area contributed by atoms with Gasteiger partial charge in [-0.1, -0.05) is 55.8 Å². The molecule has 0 saturated heterocycles. The Bertz CT molecular complexity index is 349. The van der Waals surface area contributed by atoms with Gasteiger partial charge in [-0.25, -0.2) is 0 Å². The molecule has 1 atom stereocenters. The van der Waals surface area contributed by atoms with E-state index >= 15 is 0 Å². The molecule has 0 fully saturated rings. The number of allylic oxidation sites excluding steroid dienone is 2. The highest BCUT2D eigenvalue weighted by Gasteiger charge is 2.17. The maximum absolute atomic E-state index is 12.1. The number of rotatable bonds is 4. The average Bonchev–Trinajstić information content (AvgIpc) is 2.30. The summed E-state index contributed by atoms with van der Waals surface area (Å²) < 4.78 is 0. The van der Waals surface area contributed by atoms with Crippen LogP contribution < -0.4 is 0 Å². The Labute approximate surface area is 91.8 Å². The fourth-order valence-electron chi connectivity index (χ4n) is 1.78. The van der Waals surface area contributed by atoms with E-state index in [0.717, 1.165) is 12.0 Å². The third-order valence-electron chi connectivity index (χ3n) is 2.79. The van der Waals surface area contributed by atoms with E-state index in [9.17, 15) is 4.79 Å². The second-order valence-corrected chi connectivity index (χ2v) is 3.67. The molecule has 0 saturated carbocycles. The van der Waals surface area contributed by atoms with E-state index in [1.165, 1.54) is 5.57 Å². The molecule has 1 unspecified atom stereocenters. The Morgan fingerprint density at radius 2 is 1.93 bits per heavy atom. The van der Waals surface area contributed by atoms with Crippen LogP contribution >= 0.6 is 0 Å². The zero-order chi connectivity index (χ0) is 11.3. The van der Waals surface area contributed by atoms with E-state index in [1.54, 1.807) is 0 Å². The molecule has 0 heterocycles. The van der Waals surface area contributed by atoms with Gasteiger partial charge in [-0.3, -0.25) is 4.79 Å². The van der Waals surface area contributed by atoms with Gasteiger partial charge in [0.15, 0.2) is 5.78 Å². The lowest BCUT2D eigenvalue weighted by atomic mass is 9.90. The van der Waals surface area contributed by atoms with Crippen LogP contribution in [0.15, 0.2) is 42.0 Å². The lowest BCUT2D eigenvalue weighted by molar-refractivity contribution is 0.0946. The van der Waals surface area contributed by atoms with Crippen LogP contribution in [0.3, 0.4) is 0 Å². The highest BCUT2D eigenvalue weighted by atomic mass is 16.1. The maximum Gasteiger partial charge on any atom is 0.169 e. The monoisotopic (exact) mass is 202 g/mol. The molecule has 1 heteroatoms. The molecular weight excluding hydrogens is 184 g/mol. The first-order valence-electron chi connectivity index (χ1n) is 5.45. The summed E-state index contributed by atoms with van der Waals surface area (Å²) in [6, 6.07) is 9.49. The number of benzene rings is 1. The van der Waals surface area contributed by atoms with Crippen molar-refractivity contribution in [2.24, 2.45) is 5.92 Å². The Kier molecular flexibility index (Phi) is 4.29. The van der Waals surface area contributed by atoms with Crippen LogP contribution in [-0.4, -0.2) is 5.78 Å². The Hall–Kier alpha value is -1.37. The van der Waals surface area contributed by atoms with Crippen LogP contribution in [0, 0.1) is 5.92 Å². The van der Waals surface area contributed by atoms with Gasteiger partial charge in [0.05, 0.1) is 0 Å². The van der Waals surface area contributed by atoms with E-state index < -0.39 is 0 Å². The van der Waals surface area contributed by atoms with Crippen molar-refractivity contribution in [2.75, 3.05) is 0 Å². The summed E-state index contributed by atoms with van der Waals surface area (Å²) in [7, 11) is 0. The van der Waals surface area contributed by atoms with E-state index in [1.807, 2.05) is 50.3 Å². The van der Waals surface area contributed by atoms with Gasteiger partial charge < -0.3 is 0 Å². The molecule has 0 aliphatic heterocycles. The SMILES string of the molecule is C/C=C(\CC)C(C)C(=O)c1ccccc1. The second-order valence-electron chi connectivity index (χ2n) is 3.67. The average molecular weight is 202 g/mol.